The summed E-state index contributed by atoms with van der Waals surface area (Å²) in [6.07, 6.45) is 2.11. The van der Waals surface area contributed by atoms with Gasteiger partial charge in [0, 0.05) is 5.39 Å². The fourth-order valence-corrected chi connectivity index (χ4v) is 3.00. The van der Waals surface area contributed by atoms with Crippen LogP contribution in [0.4, 0.5) is 10.1 Å². The summed E-state index contributed by atoms with van der Waals surface area (Å²) in [5.74, 6) is -0.330. The molecule has 2 aromatic carbocycles. The van der Waals surface area contributed by atoms with E-state index in [1.165, 1.54) is 12.1 Å². The van der Waals surface area contributed by atoms with Crippen molar-refractivity contribution in [2.24, 2.45) is 5.73 Å². The fraction of sp³-hybridized carbons (Fsp3) is 0.211. The highest BCUT2D eigenvalue weighted by atomic mass is 19.1. The number of hydrogen-bond donors (Lipinski definition) is 2. The molecule has 7 heteroatoms. The topological polar surface area (TPSA) is 104 Å². The molecule has 0 unspecified atom stereocenters. The maximum absolute atomic E-state index is 13.5. The van der Waals surface area contributed by atoms with Crippen molar-refractivity contribution in [1.29, 1.82) is 0 Å². The van der Waals surface area contributed by atoms with Crippen LogP contribution in [0.1, 0.15) is 28.0 Å². The average molecular weight is 354 g/mol. The lowest BCUT2D eigenvalue weighted by Crippen LogP contribution is -2.17. The largest absolute Gasteiger partial charge is 0.496 e. The zero-order valence-electron chi connectivity index (χ0n) is 14.3. The number of carbonyl (C=O) groups is 1. The van der Waals surface area contributed by atoms with Crippen molar-refractivity contribution in [3.8, 4) is 5.75 Å². The number of nitrogens with two attached hydrogens (primary N) is 2. The zero-order valence-corrected chi connectivity index (χ0v) is 14.3. The van der Waals surface area contributed by atoms with Gasteiger partial charge in [0.25, 0.3) is 5.91 Å². The minimum absolute atomic E-state index is 0.0286. The lowest BCUT2D eigenvalue weighted by Gasteiger charge is -2.10. The monoisotopic (exact) mass is 354 g/mol. The standard InChI is InChI=1S/C19H19FN4O2/c1-26-15-9-8-13(20)10-12(15)6-2-4-11-5-3-7-14-16(21)18(19(22)25)24-23-17(11)14/h3,5,7-10H,2,4,6H2,1H3,(H2,21,23)(H2,22,25). The summed E-state index contributed by atoms with van der Waals surface area (Å²) >= 11 is 0. The van der Waals surface area contributed by atoms with Crippen molar-refractivity contribution in [2.75, 3.05) is 12.8 Å². The number of hydrogen-bond acceptors (Lipinski definition) is 5. The first kappa shape index (κ1) is 17.6. The van der Waals surface area contributed by atoms with E-state index in [4.69, 9.17) is 16.2 Å². The van der Waals surface area contributed by atoms with Crippen molar-refractivity contribution in [3.63, 3.8) is 0 Å². The van der Waals surface area contributed by atoms with E-state index < -0.39 is 5.91 Å². The summed E-state index contributed by atoms with van der Waals surface area (Å²) in [4.78, 5) is 11.4. The summed E-state index contributed by atoms with van der Waals surface area (Å²) in [6.45, 7) is 0. The summed E-state index contributed by atoms with van der Waals surface area (Å²) in [5, 5.41) is 8.62. The predicted molar refractivity (Wildman–Crippen MR) is 97.4 cm³/mol. The van der Waals surface area contributed by atoms with Gasteiger partial charge in [0.1, 0.15) is 11.6 Å². The van der Waals surface area contributed by atoms with E-state index in [0.717, 1.165) is 17.5 Å². The molecule has 0 radical (unpaired) electrons. The molecule has 6 nitrogen and oxygen atoms in total. The first-order valence-electron chi connectivity index (χ1n) is 8.17. The number of rotatable bonds is 6. The Kier molecular flexibility index (Phi) is 4.97. The van der Waals surface area contributed by atoms with Gasteiger partial charge < -0.3 is 16.2 Å². The molecule has 26 heavy (non-hydrogen) atoms. The molecule has 1 heterocycles. The van der Waals surface area contributed by atoms with Crippen LogP contribution in [0.3, 0.4) is 0 Å². The molecular weight excluding hydrogens is 335 g/mol. The van der Waals surface area contributed by atoms with Crippen LogP contribution in [-0.4, -0.2) is 23.2 Å². The number of ether oxygens (including phenoxy) is 1. The highest BCUT2D eigenvalue weighted by Crippen LogP contribution is 2.26. The van der Waals surface area contributed by atoms with Crippen molar-refractivity contribution in [3.05, 3.63) is 59.0 Å². The number of anilines is 1. The maximum Gasteiger partial charge on any atom is 0.271 e. The molecule has 0 aliphatic carbocycles. The Morgan fingerprint density at radius 2 is 1.92 bits per heavy atom. The fourth-order valence-electron chi connectivity index (χ4n) is 3.00. The van der Waals surface area contributed by atoms with Crippen molar-refractivity contribution in [1.82, 2.24) is 10.2 Å². The van der Waals surface area contributed by atoms with E-state index in [1.807, 2.05) is 12.1 Å². The minimum Gasteiger partial charge on any atom is -0.496 e. The number of nitrogens with zero attached hydrogens (tertiary/aromatic N) is 2. The van der Waals surface area contributed by atoms with Crippen LogP contribution >= 0.6 is 0 Å². The number of fused-ring (bicyclic) bond motifs is 1. The van der Waals surface area contributed by atoms with Crippen LogP contribution in [0.25, 0.3) is 10.9 Å². The highest BCUT2D eigenvalue weighted by molar-refractivity contribution is 6.04. The molecule has 0 spiro atoms. The molecule has 134 valence electrons. The molecule has 1 aromatic heterocycles. The summed E-state index contributed by atoms with van der Waals surface area (Å²) in [5.41, 5.74) is 13.9. The first-order chi connectivity index (χ1) is 12.5. The third kappa shape index (κ3) is 3.42. The number of aryl methyl sites for hydroxylation is 2. The zero-order chi connectivity index (χ0) is 18.7. The van der Waals surface area contributed by atoms with Gasteiger partial charge in [-0.2, -0.15) is 0 Å². The molecule has 0 aliphatic heterocycles. The SMILES string of the molecule is COc1ccc(F)cc1CCCc1cccc2c(N)c(C(N)=O)nnc12. The molecular formula is C19H19FN4O2. The summed E-state index contributed by atoms with van der Waals surface area (Å²) in [7, 11) is 1.57. The number of methoxy groups -OCH3 is 1. The molecule has 0 saturated heterocycles. The van der Waals surface area contributed by atoms with Crippen molar-refractivity contribution < 1.29 is 13.9 Å². The number of primary amides is 1. The van der Waals surface area contributed by atoms with Gasteiger partial charge in [-0.15, -0.1) is 10.2 Å². The van der Waals surface area contributed by atoms with Crippen LogP contribution in [0, 0.1) is 5.82 Å². The van der Waals surface area contributed by atoms with Crippen molar-refractivity contribution in [2.45, 2.75) is 19.3 Å². The van der Waals surface area contributed by atoms with Gasteiger partial charge in [0.2, 0.25) is 0 Å². The Morgan fingerprint density at radius 3 is 2.65 bits per heavy atom. The van der Waals surface area contributed by atoms with E-state index in [2.05, 4.69) is 10.2 Å². The number of carbonyl (C=O) groups excluding carboxylic acids is 1. The first-order valence-corrected chi connectivity index (χ1v) is 8.17. The average Bonchev–Trinajstić information content (AvgIpc) is 2.62. The van der Waals surface area contributed by atoms with Crippen LogP contribution in [0.15, 0.2) is 36.4 Å². The van der Waals surface area contributed by atoms with Crippen LogP contribution < -0.4 is 16.2 Å². The van der Waals surface area contributed by atoms with Gasteiger partial charge >= 0.3 is 0 Å². The third-order valence-corrected chi connectivity index (χ3v) is 4.28. The Morgan fingerprint density at radius 1 is 1.15 bits per heavy atom. The van der Waals surface area contributed by atoms with Crippen LogP contribution in [-0.2, 0) is 12.8 Å². The molecule has 0 atom stereocenters. The number of benzene rings is 2. The number of aromatic nitrogens is 2. The lowest BCUT2D eigenvalue weighted by atomic mass is 10.0. The van der Waals surface area contributed by atoms with Gasteiger partial charge in [-0.05, 0) is 48.6 Å². The molecule has 0 fully saturated rings. The normalized spacial score (nSPS) is 10.8. The minimum atomic E-state index is -0.708. The Hall–Kier alpha value is -3.22. The third-order valence-electron chi connectivity index (χ3n) is 4.28. The quantitative estimate of drug-likeness (QED) is 0.708. The lowest BCUT2D eigenvalue weighted by molar-refractivity contribution is 0.0996. The van der Waals surface area contributed by atoms with Gasteiger partial charge in [-0.3, -0.25) is 4.79 Å². The Bertz CT molecular complexity index is 975. The second kappa shape index (κ2) is 7.35. The molecule has 3 rings (SSSR count). The molecule has 4 N–H and O–H groups in total. The Labute approximate surface area is 150 Å². The number of halogens is 1. The van der Waals surface area contributed by atoms with Gasteiger partial charge in [0.05, 0.1) is 18.3 Å². The number of nitrogen functional groups attached to an aromatic ring is 1. The molecule has 0 saturated carbocycles. The highest BCUT2D eigenvalue weighted by Gasteiger charge is 2.14. The maximum atomic E-state index is 13.5. The molecule has 0 bridgehead atoms. The van der Waals surface area contributed by atoms with E-state index in [9.17, 15) is 9.18 Å². The van der Waals surface area contributed by atoms with Gasteiger partial charge in [0.15, 0.2) is 5.69 Å². The van der Waals surface area contributed by atoms with E-state index in [1.54, 1.807) is 19.2 Å². The van der Waals surface area contributed by atoms with Gasteiger partial charge in [-0.1, -0.05) is 18.2 Å². The van der Waals surface area contributed by atoms with E-state index >= 15 is 0 Å². The number of amides is 1. The van der Waals surface area contributed by atoms with E-state index in [0.29, 0.717) is 29.5 Å². The molecule has 0 aliphatic rings. The van der Waals surface area contributed by atoms with Crippen LogP contribution in [0.5, 0.6) is 5.75 Å². The second-order valence-corrected chi connectivity index (χ2v) is 5.95. The molecule has 3 aromatic rings. The van der Waals surface area contributed by atoms with Gasteiger partial charge in [-0.25, -0.2) is 4.39 Å². The van der Waals surface area contributed by atoms with Crippen molar-refractivity contribution >= 4 is 22.5 Å². The summed E-state index contributed by atoms with van der Waals surface area (Å²) < 4.78 is 18.7. The van der Waals surface area contributed by atoms with E-state index in [-0.39, 0.29) is 17.2 Å². The second-order valence-electron chi connectivity index (χ2n) is 5.95. The smallest absolute Gasteiger partial charge is 0.271 e. The molecule has 1 amide bonds. The predicted octanol–water partition coefficient (Wildman–Crippen LogP) is 2.63. The van der Waals surface area contributed by atoms with Crippen LogP contribution in [0.2, 0.25) is 0 Å². The Balaban J connectivity index is 1.83. The summed E-state index contributed by atoms with van der Waals surface area (Å²) in [6, 6.07) is 10.1.